The quantitative estimate of drug-likeness (QED) is 0.730. The van der Waals surface area contributed by atoms with E-state index in [0.29, 0.717) is 6.54 Å². The molecule has 0 aliphatic heterocycles. The minimum Gasteiger partial charge on any atom is -1.00 e. The Hall–Kier alpha value is -2.07. The second kappa shape index (κ2) is 7.50. The predicted octanol–water partition coefficient (Wildman–Crippen LogP) is -1.07. The smallest absolute Gasteiger partial charge is 0.290 e. The van der Waals surface area contributed by atoms with Crippen LogP contribution >= 0.6 is 0 Å². The summed E-state index contributed by atoms with van der Waals surface area (Å²) in [5.41, 5.74) is 1.94. The van der Waals surface area contributed by atoms with Crippen LogP contribution < -0.4 is 27.0 Å². The Bertz CT molecular complexity index is 553. The normalized spacial score (nSPS) is 9.50. The number of carbonyl (C=O) groups excluding carboxylic acids is 1. The summed E-state index contributed by atoms with van der Waals surface area (Å²) >= 11 is 0. The van der Waals surface area contributed by atoms with Gasteiger partial charge in [-0.3, -0.25) is 4.79 Å². The number of pyridine rings is 1. The van der Waals surface area contributed by atoms with Gasteiger partial charge in [0.15, 0.2) is 12.4 Å². The monoisotopic (exact) mass is 292 g/mol. The highest BCUT2D eigenvalue weighted by Gasteiger charge is 2.09. The molecule has 0 bridgehead atoms. The van der Waals surface area contributed by atoms with E-state index in [9.17, 15) is 4.79 Å². The molecule has 1 heterocycles. The molecule has 0 radical (unpaired) electrons. The number of rotatable bonds is 4. The van der Waals surface area contributed by atoms with Gasteiger partial charge in [-0.2, -0.15) is 4.57 Å². The highest BCUT2D eigenvalue weighted by atomic mass is 35.5. The molecule has 0 aliphatic carbocycles. The first-order valence-corrected chi connectivity index (χ1v) is 6.07. The summed E-state index contributed by atoms with van der Waals surface area (Å²) in [6.45, 7) is 2.31. The molecule has 0 saturated heterocycles. The summed E-state index contributed by atoms with van der Waals surface area (Å²) in [5, 5.41) is 2.84. The molecule has 0 fully saturated rings. The summed E-state index contributed by atoms with van der Waals surface area (Å²) in [6, 6.07) is 11.2. The second-order valence-corrected chi connectivity index (χ2v) is 4.32. The minimum absolute atomic E-state index is 0. The first-order chi connectivity index (χ1) is 9.17. The van der Waals surface area contributed by atoms with Crippen molar-refractivity contribution in [3.8, 4) is 5.75 Å². The second-order valence-electron chi connectivity index (χ2n) is 4.32. The fourth-order valence-electron chi connectivity index (χ4n) is 1.68. The van der Waals surface area contributed by atoms with E-state index in [-0.39, 0.29) is 18.3 Å². The first kappa shape index (κ1) is 16.0. The molecule has 2 aromatic rings. The highest BCUT2D eigenvalue weighted by molar-refractivity contribution is 5.89. The molecule has 20 heavy (non-hydrogen) atoms. The molecule has 5 heteroatoms. The molecule has 2 rings (SSSR count). The fourth-order valence-corrected chi connectivity index (χ4v) is 1.68. The standard InChI is InChI=1S/C15H16N2O2.ClH/c1-12-7-9-17(10-8-12)11-15(18)16-13-3-5-14(19-2)6-4-13;/h3-10H,11H2,1-2H3;1H. The summed E-state index contributed by atoms with van der Waals surface area (Å²) in [4.78, 5) is 11.9. The van der Waals surface area contributed by atoms with Gasteiger partial charge in [-0.1, -0.05) is 0 Å². The van der Waals surface area contributed by atoms with E-state index in [0.717, 1.165) is 11.4 Å². The van der Waals surface area contributed by atoms with Gasteiger partial charge in [-0.05, 0) is 36.8 Å². The Morgan fingerprint density at radius 1 is 1.15 bits per heavy atom. The maximum absolute atomic E-state index is 11.9. The number of halogens is 1. The Labute approximate surface area is 124 Å². The van der Waals surface area contributed by atoms with Crippen molar-refractivity contribution in [2.24, 2.45) is 0 Å². The van der Waals surface area contributed by atoms with Crippen molar-refractivity contribution in [3.05, 3.63) is 54.4 Å². The van der Waals surface area contributed by atoms with Gasteiger partial charge in [0.05, 0.1) is 7.11 Å². The number of anilines is 1. The Kier molecular flexibility index (Phi) is 6.00. The highest BCUT2D eigenvalue weighted by Crippen LogP contribution is 2.14. The first-order valence-electron chi connectivity index (χ1n) is 6.07. The van der Waals surface area contributed by atoms with E-state index >= 15 is 0 Å². The fraction of sp³-hybridized carbons (Fsp3) is 0.200. The van der Waals surface area contributed by atoms with Crippen LogP contribution in [-0.4, -0.2) is 13.0 Å². The Balaban J connectivity index is 0.00000200. The molecule has 0 saturated carbocycles. The van der Waals surface area contributed by atoms with Crippen molar-refractivity contribution in [1.82, 2.24) is 0 Å². The van der Waals surface area contributed by atoms with Gasteiger partial charge in [0, 0.05) is 17.8 Å². The summed E-state index contributed by atoms with van der Waals surface area (Å²) in [7, 11) is 1.61. The van der Waals surface area contributed by atoms with Gasteiger partial charge in [0.2, 0.25) is 6.54 Å². The number of hydrogen-bond acceptors (Lipinski definition) is 2. The third kappa shape index (κ3) is 4.55. The zero-order valence-corrected chi connectivity index (χ0v) is 12.2. The lowest BCUT2D eigenvalue weighted by Gasteiger charge is -2.04. The summed E-state index contributed by atoms with van der Waals surface area (Å²) < 4.78 is 6.90. The predicted molar refractivity (Wildman–Crippen MR) is 73.0 cm³/mol. The van der Waals surface area contributed by atoms with Crippen molar-refractivity contribution >= 4 is 11.6 Å². The van der Waals surface area contributed by atoms with Crippen LogP contribution in [0.4, 0.5) is 5.69 Å². The molecular weight excluding hydrogens is 276 g/mol. The molecule has 0 spiro atoms. The van der Waals surface area contributed by atoms with Crippen LogP contribution in [0.25, 0.3) is 0 Å². The van der Waals surface area contributed by atoms with Gasteiger partial charge in [-0.25, -0.2) is 0 Å². The van der Waals surface area contributed by atoms with Crippen LogP contribution in [-0.2, 0) is 11.3 Å². The van der Waals surface area contributed by atoms with E-state index in [2.05, 4.69) is 5.32 Å². The number of nitrogens with one attached hydrogen (secondary N) is 1. The minimum atomic E-state index is -0.0565. The van der Waals surface area contributed by atoms with Crippen LogP contribution in [0.2, 0.25) is 0 Å². The van der Waals surface area contributed by atoms with Gasteiger partial charge in [-0.15, -0.1) is 0 Å². The van der Waals surface area contributed by atoms with E-state index in [4.69, 9.17) is 4.74 Å². The van der Waals surface area contributed by atoms with Crippen molar-refractivity contribution in [1.29, 1.82) is 0 Å². The van der Waals surface area contributed by atoms with E-state index < -0.39 is 0 Å². The van der Waals surface area contributed by atoms with Gasteiger partial charge in [0.25, 0.3) is 5.91 Å². The number of carbonyl (C=O) groups is 1. The lowest BCUT2D eigenvalue weighted by Crippen LogP contribution is -3.00. The Morgan fingerprint density at radius 2 is 1.75 bits per heavy atom. The van der Waals surface area contributed by atoms with E-state index in [1.54, 1.807) is 7.11 Å². The van der Waals surface area contributed by atoms with Crippen LogP contribution in [0.1, 0.15) is 5.56 Å². The zero-order valence-electron chi connectivity index (χ0n) is 11.5. The molecule has 106 valence electrons. The third-order valence-electron chi connectivity index (χ3n) is 2.76. The molecule has 1 aromatic heterocycles. The third-order valence-corrected chi connectivity index (χ3v) is 2.76. The number of amides is 1. The van der Waals surface area contributed by atoms with Crippen LogP contribution in [0, 0.1) is 6.92 Å². The zero-order chi connectivity index (χ0) is 13.7. The molecule has 1 N–H and O–H groups in total. The summed E-state index contributed by atoms with van der Waals surface area (Å²) in [5.74, 6) is 0.713. The van der Waals surface area contributed by atoms with Crippen molar-refractivity contribution < 1.29 is 26.5 Å². The van der Waals surface area contributed by atoms with E-state index in [1.165, 1.54) is 5.56 Å². The van der Waals surface area contributed by atoms with Crippen molar-refractivity contribution in [3.63, 3.8) is 0 Å². The average molecular weight is 293 g/mol. The maximum Gasteiger partial charge on any atom is 0.290 e. The number of methoxy groups -OCH3 is 1. The van der Waals surface area contributed by atoms with Gasteiger partial charge >= 0.3 is 0 Å². The van der Waals surface area contributed by atoms with Crippen LogP contribution in [0.15, 0.2) is 48.8 Å². The molecule has 0 aliphatic rings. The molecule has 0 atom stereocenters. The van der Waals surface area contributed by atoms with Crippen LogP contribution in [0.3, 0.4) is 0 Å². The topological polar surface area (TPSA) is 42.2 Å². The Morgan fingerprint density at radius 3 is 2.30 bits per heavy atom. The van der Waals surface area contributed by atoms with E-state index in [1.807, 2.05) is 60.3 Å². The number of nitrogens with zero attached hydrogens (tertiary/aromatic N) is 1. The number of hydrogen-bond donors (Lipinski definition) is 1. The maximum atomic E-state index is 11.9. The lowest BCUT2D eigenvalue weighted by molar-refractivity contribution is -0.684. The number of aryl methyl sites for hydroxylation is 1. The molecule has 4 nitrogen and oxygen atoms in total. The number of aromatic nitrogens is 1. The molecular formula is C15H17ClN2O2. The molecule has 1 amide bonds. The molecule has 1 aromatic carbocycles. The van der Waals surface area contributed by atoms with Crippen molar-refractivity contribution in [2.45, 2.75) is 13.5 Å². The van der Waals surface area contributed by atoms with Crippen molar-refractivity contribution in [2.75, 3.05) is 12.4 Å². The molecule has 0 unspecified atom stereocenters. The van der Waals surface area contributed by atoms with Gasteiger partial charge < -0.3 is 22.5 Å². The number of ether oxygens (including phenoxy) is 1. The SMILES string of the molecule is COc1ccc(NC(=O)C[n+]2ccc(C)cc2)cc1.[Cl-]. The average Bonchev–Trinajstić information content (AvgIpc) is 2.42. The number of benzene rings is 1. The summed E-state index contributed by atoms with van der Waals surface area (Å²) in [6.07, 6.45) is 3.78. The van der Waals surface area contributed by atoms with Crippen LogP contribution in [0.5, 0.6) is 5.75 Å². The lowest BCUT2D eigenvalue weighted by atomic mass is 10.3. The largest absolute Gasteiger partial charge is 1.00 e. The van der Waals surface area contributed by atoms with Gasteiger partial charge in [0.1, 0.15) is 5.75 Å².